The minimum Gasteiger partial charge on any atom is -0.477 e. The van der Waals surface area contributed by atoms with Gasteiger partial charge in [-0.15, -0.1) is 0 Å². The number of nitrogens with zero attached hydrogens (tertiary/aromatic N) is 1. The van der Waals surface area contributed by atoms with Gasteiger partial charge in [-0.2, -0.15) is 0 Å². The van der Waals surface area contributed by atoms with Crippen LogP contribution in [0.5, 0.6) is 0 Å². The molecule has 0 spiro atoms. The summed E-state index contributed by atoms with van der Waals surface area (Å²) in [6, 6.07) is 16.7. The van der Waals surface area contributed by atoms with E-state index >= 15 is 0 Å². The van der Waals surface area contributed by atoms with Crippen molar-refractivity contribution in [2.24, 2.45) is 0 Å². The van der Waals surface area contributed by atoms with E-state index in [0.717, 1.165) is 49.9 Å². The van der Waals surface area contributed by atoms with Gasteiger partial charge in [-0.1, -0.05) is 63.1 Å². The van der Waals surface area contributed by atoms with Gasteiger partial charge in [0, 0.05) is 15.4 Å². The minimum atomic E-state index is 0.0183. The molecule has 0 radical (unpaired) electrons. The van der Waals surface area contributed by atoms with Crippen LogP contribution >= 0.6 is 12.2 Å². The van der Waals surface area contributed by atoms with Gasteiger partial charge < -0.3 is 41.5 Å². The molecule has 2 aromatic rings. The number of thiocarbonyl (C=S) groups is 1. The van der Waals surface area contributed by atoms with Gasteiger partial charge in [0.2, 0.25) is 0 Å². The number of hydrogen-bond donors (Lipinski definition) is 0. The van der Waals surface area contributed by atoms with Gasteiger partial charge in [0.1, 0.15) is 11.4 Å². The standard InChI is InChI=1S/C21H27NS3/c1-3-5-11-17-13-7-9-15-19(17)22(25,21(23)24)20-16-10-8-14-18(20)12-6-4-2/h7-10,13-16H,3-6,11-12H2,1-2H3,(H,23,24)/p-1. The fourth-order valence-electron chi connectivity index (χ4n) is 3.12. The first-order valence-corrected chi connectivity index (χ1v) is 10.2. The van der Waals surface area contributed by atoms with Crippen LogP contribution < -0.4 is 3.89 Å². The molecule has 134 valence electrons. The summed E-state index contributed by atoms with van der Waals surface area (Å²) in [6.45, 7) is 4.41. The minimum absolute atomic E-state index is 0.0183. The van der Waals surface area contributed by atoms with Crippen molar-refractivity contribution < 1.29 is 0 Å². The summed E-state index contributed by atoms with van der Waals surface area (Å²) in [5, 5.41) is 0. The lowest BCUT2D eigenvalue weighted by atomic mass is 10.0. The van der Waals surface area contributed by atoms with E-state index in [1.807, 2.05) is 12.1 Å². The molecule has 0 aliphatic heterocycles. The van der Waals surface area contributed by atoms with Gasteiger partial charge in [0.05, 0.1) is 0 Å². The predicted octanol–water partition coefficient (Wildman–Crippen LogP) is 6.30. The maximum absolute atomic E-state index is 6.13. The van der Waals surface area contributed by atoms with Crippen molar-refractivity contribution in [2.45, 2.75) is 52.4 Å². The largest absolute Gasteiger partial charge is 0.477 e. The highest BCUT2D eigenvalue weighted by Gasteiger charge is 2.26. The smallest absolute Gasteiger partial charge is 0.127 e. The van der Waals surface area contributed by atoms with Crippen LogP contribution in [-0.4, -0.2) is 4.32 Å². The van der Waals surface area contributed by atoms with Gasteiger partial charge in [0.15, 0.2) is 0 Å². The molecule has 1 nitrogen and oxygen atoms in total. The maximum Gasteiger partial charge on any atom is 0.127 e. The SMILES string of the molecule is CCCCc1ccccc1[N+]([S-])(C(=S)[S-])c1ccccc1CCCC. The fourth-order valence-corrected chi connectivity index (χ4v) is 3.87. The molecule has 0 N–H and O–H groups in total. The third-order valence-corrected chi connectivity index (χ3v) is 5.87. The van der Waals surface area contributed by atoms with E-state index in [1.165, 1.54) is 11.1 Å². The molecular weight excluding hydrogens is 362 g/mol. The predicted molar refractivity (Wildman–Crippen MR) is 119 cm³/mol. The Balaban J connectivity index is 2.60. The topological polar surface area (TPSA) is 0 Å². The van der Waals surface area contributed by atoms with Gasteiger partial charge in [0.25, 0.3) is 0 Å². The molecule has 0 aromatic heterocycles. The summed E-state index contributed by atoms with van der Waals surface area (Å²) in [4.78, 5) is 0. The van der Waals surface area contributed by atoms with E-state index in [1.54, 1.807) is 0 Å². The Bertz CT molecular complexity index is 660. The van der Waals surface area contributed by atoms with E-state index in [-0.39, 0.29) is 3.89 Å². The normalized spacial score (nSPS) is 11.5. The summed E-state index contributed by atoms with van der Waals surface area (Å²) in [5.41, 5.74) is 4.57. The molecule has 0 saturated carbocycles. The van der Waals surface area contributed by atoms with E-state index in [9.17, 15) is 0 Å². The van der Waals surface area contributed by atoms with Crippen molar-refractivity contribution in [1.29, 1.82) is 0 Å². The third kappa shape index (κ3) is 4.62. The Morgan fingerprint density at radius 3 is 1.60 bits per heavy atom. The zero-order valence-corrected chi connectivity index (χ0v) is 17.5. The quantitative estimate of drug-likeness (QED) is 0.296. The van der Waals surface area contributed by atoms with Gasteiger partial charge in [-0.3, -0.25) is 0 Å². The van der Waals surface area contributed by atoms with Crippen LogP contribution in [0.3, 0.4) is 0 Å². The zero-order chi connectivity index (χ0) is 18.3. The molecular formula is C21H26NS3-. The molecule has 0 unspecified atom stereocenters. The van der Waals surface area contributed by atoms with Gasteiger partial charge in [-0.05, 0) is 37.8 Å². The number of benzene rings is 2. The summed E-state index contributed by atoms with van der Waals surface area (Å²) >= 11 is 17.2. The average Bonchev–Trinajstić information content (AvgIpc) is 2.64. The van der Waals surface area contributed by atoms with Crippen LogP contribution in [0.4, 0.5) is 11.4 Å². The number of rotatable bonds is 8. The highest BCUT2D eigenvalue weighted by molar-refractivity contribution is 8.01. The monoisotopic (exact) mass is 388 g/mol. The van der Waals surface area contributed by atoms with Gasteiger partial charge >= 0.3 is 0 Å². The maximum atomic E-state index is 6.13. The molecule has 0 amide bonds. The van der Waals surface area contributed by atoms with Crippen LogP contribution in [0.1, 0.15) is 50.7 Å². The van der Waals surface area contributed by atoms with Crippen LogP contribution in [0, 0.1) is 0 Å². The molecule has 0 bridgehead atoms. The second kappa shape index (κ2) is 9.67. The Hall–Kier alpha value is -0.940. The highest BCUT2D eigenvalue weighted by Crippen LogP contribution is 2.39. The van der Waals surface area contributed by atoms with Crippen LogP contribution in [0.15, 0.2) is 48.5 Å². The first kappa shape index (κ1) is 20.4. The molecule has 4 heteroatoms. The highest BCUT2D eigenvalue weighted by atomic mass is 32.1. The Morgan fingerprint density at radius 2 is 1.24 bits per heavy atom. The molecule has 2 aromatic carbocycles. The van der Waals surface area contributed by atoms with Gasteiger partial charge in [-0.25, -0.2) is 0 Å². The van der Waals surface area contributed by atoms with E-state index in [4.69, 9.17) is 37.7 Å². The summed E-state index contributed by atoms with van der Waals surface area (Å²) in [6.07, 6.45) is 6.56. The number of para-hydroxylation sites is 2. The summed E-state index contributed by atoms with van der Waals surface area (Å²) in [7, 11) is 0. The zero-order valence-electron chi connectivity index (χ0n) is 15.0. The Labute approximate surface area is 169 Å². The molecule has 25 heavy (non-hydrogen) atoms. The van der Waals surface area contributed by atoms with Crippen molar-refractivity contribution in [3.05, 3.63) is 59.7 Å². The first-order chi connectivity index (χ1) is 12.1. The van der Waals surface area contributed by atoms with Crippen molar-refractivity contribution in [1.82, 2.24) is 3.89 Å². The average molecular weight is 389 g/mol. The first-order valence-electron chi connectivity index (χ1n) is 9.04. The lowest BCUT2D eigenvalue weighted by molar-refractivity contribution is 0.767. The Morgan fingerprint density at radius 1 is 0.840 bits per heavy atom. The molecule has 0 aliphatic rings. The van der Waals surface area contributed by atoms with Crippen LogP contribution in [-0.2, 0) is 38.3 Å². The lowest BCUT2D eigenvalue weighted by Gasteiger charge is -2.48. The van der Waals surface area contributed by atoms with E-state index in [2.05, 4.69) is 50.2 Å². The van der Waals surface area contributed by atoms with Crippen LogP contribution in [0.25, 0.3) is 0 Å². The molecule has 0 aliphatic carbocycles. The molecule has 0 atom stereocenters. The third-order valence-electron chi connectivity index (χ3n) is 4.52. The van der Waals surface area contributed by atoms with Crippen molar-refractivity contribution in [2.75, 3.05) is 0 Å². The number of aryl methyl sites for hydroxylation is 2. The van der Waals surface area contributed by atoms with Crippen molar-refractivity contribution in [3.63, 3.8) is 0 Å². The van der Waals surface area contributed by atoms with Crippen LogP contribution in [0.2, 0.25) is 0 Å². The number of quaternary nitrogens is 1. The fraction of sp³-hybridized carbons (Fsp3) is 0.381. The number of unbranched alkanes of at least 4 members (excludes halogenated alkanes) is 2. The molecule has 2 rings (SSSR count). The second-order valence-corrected chi connectivity index (χ2v) is 7.92. The summed E-state index contributed by atoms with van der Waals surface area (Å²) < 4.78 is 0.410. The van der Waals surface area contributed by atoms with E-state index < -0.39 is 0 Å². The number of hydrogen-bond acceptors (Lipinski definition) is 3. The molecule has 0 fully saturated rings. The van der Waals surface area contributed by atoms with Crippen molar-refractivity contribution >= 4 is 53.4 Å². The van der Waals surface area contributed by atoms with Crippen molar-refractivity contribution in [3.8, 4) is 0 Å². The second-order valence-electron chi connectivity index (χ2n) is 6.34. The molecule has 0 heterocycles. The van der Waals surface area contributed by atoms with E-state index in [0.29, 0.717) is 4.32 Å². The molecule has 0 saturated heterocycles. The summed E-state index contributed by atoms with van der Waals surface area (Å²) in [5.74, 6) is 0. The Kier molecular flexibility index (Phi) is 7.88. The lowest BCUT2D eigenvalue weighted by Crippen LogP contribution is -2.43.